The molecule has 1 N–H and O–H groups in total. The topological polar surface area (TPSA) is 20.2 Å². The molecule has 76 valence electrons. The van der Waals surface area contributed by atoms with E-state index in [4.69, 9.17) is 5.11 Å². The molecule has 0 heterocycles. The lowest BCUT2D eigenvalue weighted by molar-refractivity contribution is -0.0728. The molecule has 0 amide bonds. The summed E-state index contributed by atoms with van der Waals surface area (Å²) in [6.07, 6.45) is 5.95. The van der Waals surface area contributed by atoms with E-state index in [2.05, 4.69) is 6.92 Å². The van der Waals surface area contributed by atoms with Gasteiger partial charge in [-0.15, -0.1) is 0 Å². The maximum Gasteiger partial charge on any atom is 0.342 e. The Balaban J connectivity index is 0. The molecule has 1 saturated carbocycles. The Bertz CT molecular complexity index is 68.2. The van der Waals surface area contributed by atoms with E-state index in [9.17, 15) is 8.78 Å². The molecule has 1 fully saturated rings. The van der Waals surface area contributed by atoms with E-state index in [-0.39, 0.29) is 0 Å². The first kappa shape index (κ1) is 14.3. The zero-order chi connectivity index (χ0) is 9.98. The van der Waals surface area contributed by atoms with Gasteiger partial charge in [0, 0.05) is 0 Å². The van der Waals surface area contributed by atoms with Crippen molar-refractivity contribution in [2.24, 2.45) is 5.92 Å². The molecule has 0 unspecified atom stereocenters. The maximum absolute atomic E-state index is 9.89. The van der Waals surface area contributed by atoms with Crippen molar-refractivity contribution in [3.05, 3.63) is 0 Å². The van der Waals surface area contributed by atoms with Crippen LogP contribution in [0.15, 0.2) is 0 Å². The smallest absolute Gasteiger partial charge is 0.339 e. The Labute approximate surface area is 73.8 Å². The Hall–Kier alpha value is -0.180. The van der Waals surface area contributed by atoms with Crippen LogP contribution >= 0.6 is 0 Å². The van der Waals surface area contributed by atoms with E-state index in [1.54, 1.807) is 0 Å². The average Bonchev–Trinajstić information content (AvgIpc) is 2.43. The van der Waals surface area contributed by atoms with Crippen LogP contribution < -0.4 is 0 Å². The fourth-order valence-electron chi connectivity index (χ4n) is 1.13. The molecule has 1 rings (SSSR count). The third-order valence-corrected chi connectivity index (χ3v) is 1.64. The van der Waals surface area contributed by atoms with Crippen LogP contribution in [0.5, 0.6) is 0 Å². The first-order chi connectivity index (χ1) is 5.63. The summed E-state index contributed by atoms with van der Waals surface area (Å²) in [5.41, 5.74) is 0. The van der Waals surface area contributed by atoms with Crippen LogP contribution in [-0.2, 0) is 0 Å². The van der Waals surface area contributed by atoms with Crippen molar-refractivity contribution >= 4 is 0 Å². The highest BCUT2D eigenvalue weighted by Crippen LogP contribution is 2.22. The highest BCUT2D eigenvalue weighted by molar-refractivity contribution is 4.60. The third-order valence-electron chi connectivity index (χ3n) is 1.64. The summed E-state index contributed by atoms with van der Waals surface area (Å²) in [5.74, 6) is 1.05. The lowest BCUT2D eigenvalue weighted by Gasteiger charge is -1.91. The van der Waals surface area contributed by atoms with E-state index in [0.717, 1.165) is 5.92 Å². The molecule has 1 nitrogen and oxygen atoms in total. The van der Waals surface area contributed by atoms with E-state index in [1.807, 2.05) is 13.8 Å². The lowest BCUT2D eigenvalue weighted by Crippen LogP contribution is -1.78. The van der Waals surface area contributed by atoms with Gasteiger partial charge in [-0.3, -0.25) is 0 Å². The Kier molecular flexibility index (Phi) is 12.9. The highest BCUT2D eigenvalue weighted by Gasteiger charge is 2.07. The Morgan fingerprint density at radius 2 is 1.42 bits per heavy atom. The molecule has 3 heteroatoms. The van der Waals surface area contributed by atoms with E-state index < -0.39 is 6.61 Å². The first-order valence-electron chi connectivity index (χ1n) is 4.59. The summed E-state index contributed by atoms with van der Waals surface area (Å²) < 4.78 is 19.8. The van der Waals surface area contributed by atoms with E-state index in [1.165, 1.54) is 25.7 Å². The van der Waals surface area contributed by atoms with Gasteiger partial charge >= 0.3 is 6.61 Å². The second-order valence-electron chi connectivity index (χ2n) is 2.67. The van der Waals surface area contributed by atoms with Gasteiger partial charge in [0.1, 0.15) is 0 Å². The molecule has 0 aromatic carbocycles. The summed E-state index contributed by atoms with van der Waals surface area (Å²) in [4.78, 5) is 0. The number of rotatable bonds is 0. The van der Waals surface area contributed by atoms with Crippen molar-refractivity contribution in [1.82, 2.24) is 0 Å². The van der Waals surface area contributed by atoms with Gasteiger partial charge in [0.15, 0.2) is 0 Å². The van der Waals surface area contributed by atoms with Gasteiger partial charge in [-0.1, -0.05) is 46.5 Å². The molecular weight excluding hydrogens is 162 g/mol. The van der Waals surface area contributed by atoms with Crippen LogP contribution in [0.4, 0.5) is 8.78 Å². The van der Waals surface area contributed by atoms with Gasteiger partial charge in [-0.2, -0.15) is 8.78 Å². The number of hydrogen-bond donors (Lipinski definition) is 1. The quantitative estimate of drug-likeness (QED) is 0.608. The predicted octanol–water partition coefficient (Wildman–Crippen LogP) is 3.42. The number of aliphatic hydroxyl groups excluding tert-OH is 1. The van der Waals surface area contributed by atoms with Gasteiger partial charge < -0.3 is 5.11 Å². The zero-order valence-corrected chi connectivity index (χ0v) is 8.19. The largest absolute Gasteiger partial charge is 0.342 e. The zero-order valence-electron chi connectivity index (χ0n) is 8.19. The van der Waals surface area contributed by atoms with Crippen LogP contribution in [0.1, 0.15) is 46.5 Å². The van der Waals surface area contributed by atoms with Crippen molar-refractivity contribution in [2.45, 2.75) is 53.1 Å². The van der Waals surface area contributed by atoms with Crippen molar-refractivity contribution < 1.29 is 13.9 Å². The number of alkyl halides is 2. The van der Waals surface area contributed by atoms with Crippen LogP contribution in [0, 0.1) is 5.92 Å². The monoisotopic (exact) mass is 182 g/mol. The van der Waals surface area contributed by atoms with Gasteiger partial charge in [-0.25, -0.2) is 0 Å². The summed E-state index contributed by atoms with van der Waals surface area (Å²) in [7, 11) is 0. The van der Waals surface area contributed by atoms with Crippen LogP contribution in [0.2, 0.25) is 0 Å². The molecule has 1 aliphatic rings. The summed E-state index contributed by atoms with van der Waals surface area (Å²) in [6, 6.07) is 0. The average molecular weight is 182 g/mol. The molecule has 0 spiro atoms. The van der Waals surface area contributed by atoms with Crippen molar-refractivity contribution in [3.8, 4) is 0 Å². The molecule has 0 radical (unpaired) electrons. The van der Waals surface area contributed by atoms with E-state index in [0.29, 0.717) is 0 Å². The summed E-state index contributed by atoms with van der Waals surface area (Å²) >= 11 is 0. The van der Waals surface area contributed by atoms with Gasteiger partial charge in [-0.05, 0) is 5.92 Å². The van der Waals surface area contributed by atoms with Gasteiger partial charge in [0.05, 0.1) is 0 Å². The summed E-state index contributed by atoms with van der Waals surface area (Å²) in [6.45, 7) is 3.17. The fourth-order valence-corrected chi connectivity index (χ4v) is 1.13. The maximum atomic E-state index is 9.89. The second-order valence-corrected chi connectivity index (χ2v) is 2.67. The molecule has 0 bridgehead atoms. The molecule has 0 saturated heterocycles. The normalized spacial score (nSPS) is 16.2. The van der Waals surface area contributed by atoms with Gasteiger partial charge in [0.2, 0.25) is 0 Å². The highest BCUT2D eigenvalue weighted by atomic mass is 19.3. The SMILES string of the molecule is CC.CC1CCCC1.OC(F)F. The molecule has 0 aliphatic heterocycles. The molecule has 0 aromatic rings. The van der Waals surface area contributed by atoms with E-state index >= 15 is 0 Å². The van der Waals surface area contributed by atoms with Crippen molar-refractivity contribution in [3.63, 3.8) is 0 Å². The molecular formula is C9H20F2O. The van der Waals surface area contributed by atoms with Crippen LogP contribution in [-0.4, -0.2) is 11.7 Å². The molecule has 0 atom stereocenters. The lowest BCUT2D eigenvalue weighted by atomic mass is 10.2. The summed E-state index contributed by atoms with van der Waals surface area (Å²) in [5, 5.41) is 6.72. The van der Waals surface area contributed by atoms with Gasteiger partial charge in [0.25, 0.3) is 0 Å². The van der Waals surface area contributed by atoms with Crippen LogP contribution in [0.25, 0.3) is 0 Å². The minimum Gasteiger partial charge on any atom is -0.339 e. The minimum absolute atomic E-state index is 1.05. The molecule has 1 aliphatic carbocycles. The second kappa shape index (κ2) is 10.8. The Morgan fingerprint density at radius 3 is 1.50 bits per heavy atom. The molecule has 12 heavy (non-hydrogen) atoms. The van der Waals surface area contributed by atoms with Crippen molar-refractivity contribution in [1.29, 1.82) is 0 Å². The Morgan fingerprint density at radius 1 is 1.17 bits per heavy atom. The first-order valence-corrected chi connectivity index (χ1v) is 4.59. The molecule has 0 aromatic heterocycles. The predicted molar refractivity (Wildman–Crippen MR) is 47.2 cm³/mol. The van der Waals surface area contributed by atoms with Crippen LogP contribution in [0.3, 0.4) is 0 Å². The van der Waals surface area contributed by atoms with Crippen molar-refractivity contribution in [2.75, 3.05) is 0 Å². The number of aliphatic hydroxyl groups is 1. The third kappa shape index (κ3) is 16.4. The number of hydrogen-bond acceptors (Lipinski definition) is 1. The fraction of sp³-hybridized carbons (Fsp3) is 1.00. The standard InChI is InChI=1S/C6H12.C2H6.CH2F2O/c1-6-4-2-3-5-6;1-2;2-1(3)4/h6H,2-5H2,1H3;1-2H3;1,4H. The minimum atomic E-state index is -3.17. The number of halogens is 2.